The van der Waals surface area contributed by atoms with E-state index in [1.807, 2.05) is 6.08 Å². The molecule has 0 unspecified atom stereocenters. The van der Waals surface area contributed by atoms with Crippen molar-refractivity contribution in [2.75, 3.05) is 0 Å². The van der Waals surface area contributed by atoms with Crippen molar-refractivity contribution in [1.29, 1.82) is 0 Å². The van der Waals surface area contributed by atoms with E-state index in [-0.39, 0.29) is 10.3 Å². The van der Waals surface area contributed by atoms with Crippen LogP contribution in [0.2, 0.25) is 0 Å². The lowest BCUT2D eigenvalue weighted by molar-refractivity contribution is -0.117. The number of fused-ring (bicyclic) bond motifs is 1. The summed E-state index contributed by atoms with van der Waals surface area (Å²) >= 11 is 6.50. The first kappa shape index (κ1) is 13.1. The third kappa shape index (κ3) is 2.31. The molecule has 2 heteroatoms. The van der Waals surface area contributed by atoms with Gasteiger partial charge in [0.15, 0.2) is 5.78 Å². The number of halogens is 1. The second kappa shape index (κ2) is 4.12. The molecule has 2 aliphatic rings. The van der Waals surface area contributed by atoms with Gasteiger partial charge in [-0.1, -0.05) is 19.4 Å². The van der Waals surface area contributed by atoms with E-state index in [4.69, 9.17) is 11.6 Å². The van der Waals surface area contributed by atoms with Gasteiger partial charge in [-0.05, 0) is 56.4 Å². The number of alkyl halides is 1. The number of allylic oxidation sites excluding steroid dienone is 2. The van der Waals surface area contributed by atoms with E-state index >= 15 is 0 Å². The van der Waals surface area contributed by atoms with Gasteiger partial charge in [0.2, 0.25) is 0 Å². The number of carbonyl (C=O) groups is 1. The van der Waals surface area contributed by atoms with Gasteiger partial charge in [-0.3, -0.25) is 4.79 Å². The summed E-state index contributed by atoms with van der Waals surface area (Å²) in [5, 5.41) is 0. The molecule has 1 nitrogen and oxygen atoms in total. The van der Waals surface area contributed by atoms with Crippen LogP contribution in [0.1, 0.15) is 53.4 Å². The standard InChI is InChI=1S/C15H23ClO/c1-10-7-13(17)8-11-5-6-12(14(2,3)16)9-15(10,11)4/h8,10,12H,5-7,9H2,1-4H3/t10-,12-,15+/m1/s1. The van der Waals surface area contributed by atoms with Crippen molar-refractivity contribution in [1.82, 2.24) is 0 Å². The Hall–Kier alpha value is -0.300. The average molecular weight is 255 g/mol. The first-order valence-electron chi connectivity index (χ1n) is 6.66. The first-order chi connectivity index (χ1) is 7.73. The van der Waals surface area contributed by atoms with Gasteiger partial charge in [0.25, 0.3) is 0 Å². The second-order valence-electron chi connectivity index (χ2n) is 6.66. The van der Waals surface area contributed by atoms with Crippen molar-refractivity contribution >= 4 is 17.4 Å². The van der Waals surface area contributed by atoms with Gasteiger partial charge >= 0.3 is 0 Å². The summed E-state index contributed by atoms with van der Waals surface area (Å²) in [7, 11) is 0. The minimum atomic E-state index is -0.129. The summed E-state index contributed by atoms with van der Waals surface area (Å²) < 4.78 is 0. The van der Waals surface area contributed by atoms with E-state index in [0.29, 0.717) is 24.0 Å². The van der Waals surface area contributed by atoms with Gasteiger partial charge in [-0.15, -0.1) is 11.6 Å². The Morgan fingerprint density at radius 1 is 1.47 bits per heavy atom. The molecule has 0 amide bonds. The summed E-state index contributed by atoms with van der Waals surface area (Å²) in [5.41, 5.74) is 1.57. The summed E-state index contributed by atoms with van der Waals surface area (Å²) in [6.45, 7) is 8.78. The molecule has 0 heterocycles. The van der Waals surface area contributed by atoms with Crippen LogP contribution in [0.4, 0.5) is 0 Å². The molecule has 0 aliphatic heterocycles. The van der Waals surface area contributed by atoms with Gasteiger partial charge in [0, 0.05) is 11.3 Å². The SMILES string of the molecule is C[C@@H]1CC(=O)C=C2CC[C@@H](C(C)(C)Cl)C[C@]21C. The van der Waals surface area contributed by atoms with Crippen LogP contribution in [0.3, 0.4) is 0 Å². The van der Waals surface area contributed by atoms with Crippen LogP contribution >= 0.6 is 11.6 Å². The predicted octanol–water partition coefficient (Wildman–Crippen LogP) is 4.35. The fourth-order valence-electron chi connectivity index (χ4n) is 3.48. The minimum Gasteiger partial charge on any atom is -0.295 e. The molecule has 0 spiro atoms. The molecule has 96 valence electrons. The lowest BCUT2D eigenvalue weighted by Gasteiger charge is -2.49. The second-order valence-corrected chi connectivity index (χ2v) is 7.64. The van der Waals surface area contributed by atoms with Crippen molar-refractivity contribution in [3.8, 4) is 0 Å². The predicted molar refractivity (Wildman–Crippen MR) is 72.3 cm³/mol. The van der Waals surface area contributed by atoms with Crippen LogP contribution in [0.25, 0.3) is 0 Å². The number of rotatable bonds is 1. The average Bonchev–Trinajstić information content (AvgIpc) is 2.18. The lowest BCUT2D eigenvalue weighted by atomic mass is 9.57. The Balaban J connectivity index is 2.28. The van der Waals surface area contributed by atoms with Crippen molar-refractivity contribution in [2.45, 2.75) is 58.3 Å². The molecule has 0 aromatic heterocycles. The minimum absolute atomic E-state index is 0.129. The highest BCUT2D eigenvalue weighted by Crippen LogP contribution is 2.54. The Morgan fingerprint density at radius 3 is 2.71 bits per heavy atom. The van der Waals surface area contributed by atoms with E-state index in [1.54, 1.807) is 0 Å². The highest BCUT2D eigenvalue weighted by atomic mass is 35.5. The monoisotopic (exact) mass is 254 g/mol. The first-order valence-corrected chi connectivity index (χ1v) is 7.04. The number of ketones is 1. The van der Waals surface area contributed by atoms with E-state index in [2.05, 4.69) is 27.7 Å². The lowest BCUT2D eigenvalue weighted by Crippen LogP contribution is -2.42. The molecule has 2 rings (SSSR count). The van der Waals surface area contributed by atoms with Gasteiger partial charge in [0.05, 0.1) is 0 Å². The Kier molecular flexibility index (Phi) is 3.18. The van der Waals surface area contributed by atoms with Gasteiger partial charge < -0.3 is 0 Å². The molecular formula is C15H23ClO. The molecule has 0 N–H and O–H groups in total. The number of hydrogen-bond acceptors (Lipinski definition) is 1. The zero-order valence-corrected chi connectivity index (χ0v) is 12.1. The number of hydrogen-bond donors (Lipinski definition) is 0. The van der Waals surface area contributed by atoms with Crippen LogP contribution in [-0.4, -0.2) is 10.7 Å². The van der Waals surface area contributed by atoms with Crippen molar-refractivity contribution in [3.63, 3.8) is 0 Å². The van der Waals surface area contributed by atoms with Crippen molar-refractivity contribution < 1.29 is 4.79 Å². The third-order valence-corrected chi connectivity index (χ3v) is 5.38. The quantitative estimate of drug-likeness (QED) is 0.636. The van der Waals surface area contributed by atoms with Crippen LogP contribution in [0, 0.1) is 17.3 Å². The van der Waals surface area contributed by atoms with Crippen LogP contribution < -0.4 is 0 Å². The fourth-order valence-corrected chi connectivity index (χ4v) is 3.67. The van der Waals surface area contributed by atoms with Gasteiger partial charge in [-0.25, -0.2) is 0 Å². The Morgan fingerprint density at radius 2 is 2.12 bits per heavy atom. The zero-order chi connectivity index (χ0) is 12.8. The Bertz CT molecular complexity index is 364. The summed E-state index contributed by atoms with van der Waals surface area (Å²) in [5.74, 6) is 1.33. The molecule has 0 aromatic rings. The maximum atomic E-state index is 11.6. The summed E-state index contributed by atoms with van der Waals surface area (Å²) in [6.07, 6.45) is 5.92. The largest absolute Gasteiger partial charge is 0.295 e. The van der Waals surface area contributed by atoms with Gasteiger partial charge in [-0.2, -0.15) is 0 Å². The van der Waals surface area contributed by atoms with Crippen LogP contribution in [0.15, 0.2) is 11.6 Å². The van der Waals surface area contributed by atoms with Crippen molar-refractivity contribution in [2.24, 2.45) is 17.3 Å². The molecule has 2 aliphatic carbocycles. The number of carbonyl (C=O) groups excluding carboxylic acids is 1. The van der Waals surface area contributed by atoms with Crippen LogP contribution in [0.5, 0.6) is 0 Å². The molecule has 1 fully saturated rings. The molecule has 0 radical (unpaired) electrons. The van der Waals surface area contributed by atoms with Crippen LogP contribution in [-0.2, 0) is 4.79 Å². The molecule has 1 saturated carbocycles. The smallest absolute Gasteiger partial charge is 0.155 e. The van der Waals surface area contributed by atoms with E-state index in [0.717, 1.165) is 19.3 Å². The topological polar surface area (TPSA) is 17.1 Å². The highest BCUT2D eigenvalue weighted by Gasteiger charge is 2.46. The van der Waals surface area contributed by atoms with Gasteiger partial charge in [0.1, 0.15) is 0 Å². The van der Waals surface area contributed by atoms with E-state index < -0.39 is 0 Å². The Labute approximate surface area is 110 Å². The van der Waals surface area contributed by atoms with E-state index in [1.165, 1.54) is 5.57 Å². The zero-order valence-electron chi connectivity index (χ0n) is 11.3. The molecule has 0 bridgehead atoms. The fraction of sp³-hybridized carbons (Fsp3) is 0.800. The maximum absolute atomic E-state index is 11.6. The highest BCUT2D eigenvalue weighted by molar-refractivity contribution is 6.23. The molecular weight excluding hydrogens is 232 g/mol. The maximum Gasteiger partial charge on any atom is 0.155 e. The molecule has 17 heavy (non-hydrogen) atoms. The normalized spacial score (nSPS) is 38.6. The third-order valence-electron chi connectivity index (χ3n) is 5.07. The summed E-state index contributed by atoms with van der Waals surface area (Å²) in [4.78, 5) is 11.5. The molecule has 3 atom stereocenters. The van der Waals surface area contributed by atoms with Crippen molar-refractivity contribution in [3.05, 3.63) is 11.6 Å². The summed E-state index contributed by atoms with van der Waals surface area (Å²) in [6, 6.07) is 0. The molecule has 0 saturated heterocycles. The van der Waals surface area contributed by atoms with E-state index in [9.17, 15) is 4.79 Å². The molecule has 0 aromatic carbocycles.